The van der Waals surface area contributed by atoms with E-state index in [0.717, 1.165) is 0 Å². The standard InChI is InChI=1S/Ir.3K.6HNO2/c;;;;6*2-1-3/h;;;;6*(H,2,3)/q-3;3*+1;;;;;;. The Morgan fingerprint density at radius 1 is 0.364 bits per heavy atom. The molecule has 0 bridgehead atoms. The Balaban J connectivity index is -0.00000000947. The van der Waals surface area contributed by atoms with Gasteiger partial charge in [0, 0.05) is 0 Å². The van der Waals surface area contributed by atoms with Crippen LogP contribution in [0, 0.1) is 29.4 Å². The summed E-state index contributed by atoms with van der Waals surface area (Å²) in [5, 5.41) is 47.3. The predicted octanol–water partition coefficient (Wildman–Crippen LogP) is -8.14. The average molecular weight is 592 g/mol. The van der Waals surface area contributed by atoms with Crippen LogP contribution in [0.1, 0.15) is 0 Å². The zero-order valence-corrected chi connectivity index (χ0v) is 22.9. The van der Waals surface area contributed by atoms with Crippen molar-refractivity contribution in [3.63, 3.8) is 0 Å². The number of hydrogen-bond acceptors (Lipinski definition) is 12. The fourth-order valence-electron chi connectivity index (χ4n) is 0. The molecule has 0 fully saturated rings. The van der Waals surface area contributed by atoms with E-state index in [-0.39, 0.29) is 174 Å². The van der Waals surface area contributed by atoms with Crippen LogP contribution in [0.25, 0.3) is 0 Å². The smallest absolute Gasteiger partial charge is 1.00 e. The minimum absolute atomic E-state index is 0. The van der Waals surface area contributed by atoms with Gasteiger partial charge in [0.15, 0.2) is 32.0 Å². The van der Waals surface area contributed by atoms with Crippen molar-refractivity contribution in [3.05, 3.63) is 29.4 Å². The van der Waals surface area contributed by atoms with E-state index < -0.39 is 0 Å². The Morgan fingerprint density at radius 3 is 0.364 bits per heavy atom. The van der Waals surface area contributed by atoms with E-state index in [0.29, 0.717) is 0 Å². The largest absolute Gasteiger partial charge is 3.00 e. The van der Waals surface area contributed by atoms with Crippen molar-refractivity contribution in [1.82, 2.24) is 0 Å². The maximum absolute atomic E-state index is 8.11. The van der Waals surface area contributed by atoms with Crippen LogP contribution in [-0.4, -0.2) is 31.2 Å². The molecule has 0 saturated carbocycles. The molecule has 0 unspecified atom stereocenters. The molecular formula is H6IrK3N6O12. The summed E-state index contributed by atoms with van der Waals surface area (Å²) in [5.41, 5.74) is 0. The Kier molecular flexibility index (Phi) is 515. The monoisotopic (exact) mass is 592 g/mol. The summed E-state index contributed by atoms with van der Waals surface area (Å²) in [5.74, 6) is 0. The van der Waals surface area contributed by atoms with Gasteiger partial charge in [-0.05, 0) is 0 Å². The van der Waals surface area contributed by atoms with Gasteiger partial charge in [0.2, 0.25) is 0 Å². The van der Waals surface area contributed by atoms with E-state index in [1.54, 1.807) is 0 Å². The number of nitrogens with zero attached hydrogens (tertiary/aromatic N) is 6. The number of rotatable bonds is 0. The zero-order valence-electron chi connectivity index (χ0n) is 11.1. The molecule has 0 aliphatic heterocycles. The van der Waals surface area contributed by atoms with Crippen molar-refractivity contribution in [2.24, 2.45) is 32.0 Å². The van der Waals surface area contributed by atoms with Crippen LogP contribution in [0.3, 0.4) is 0 Å². The summed E-state index contributed by atoms with van der Waals surface area (Å²) in [6.07, 6.45) is 0. The Hall–Kier alpha value is 1.96. The molecule has 0 aliphatic rings. The van der Waals surface area contributed by atoms with Gasteiger partial charge in [-0.2, -0.15) is 0 Å². The molecule has 0 aliphatic carbocycles. The molecule has 0 aromatic rings. The van der Waals surface area contributed by atoms with E-state index in [4.69, 9.17) is 60.7 Å². The van der Waals surface area contributed by atoms with Gasteiger partial charge in [0.1, 0.15) is 0 Å². The van der Waals surface area contributed by atoms with Crippen molar-refractivity contribution >= 4 is 0 Å². The molecule has 18 nitrogen and oxygen atoms in total. The predicted molar refractivity (Wildman–Crippen MR) is 45.5 cm³/mol. The van der Waals surface area contributed by atoms with Crippen molar-refractivity contribution in [1.29, 1.82) is 0 Å². The Morgan fingerprint density at radius 2 is 0.364 bits per heavy atom. The second-order valence-corrected chi connectivity index (χ2v) is 0.490. The van der Waals surface area contributed by atoms with Gasteiger partial charge < -0.3 is 51.3 Å². The summed E-state index contributed by atoms with van der Waals surface area (Å²) < 4.78 is 0. The first-order valence-electron chi connectivity index (χ1n) is 2.30. The maximum Gasteiger partial charge on any atom is 1.00 e. The Bertz CT molecular complexity index is 126. The van der Waals surface area contributed by atoms with Crippen LogP contribution >= 0.6 is 0 Å². The molecule has 22 heavy (non-hydrogen) atoms. The molecule has 0 atom stereocenters. The minimum atomic E-state index is 0. The fraction of sp³-hybridized carbons (Fsp3) is 0. The van der Waals surface area contributed by atoms with Crippen LogP contribution in [-0.2, 0) is 20.1 Å². The van der Waals surface area contributed by atoms with Crippen LogP contribution in [0.2, 0.25) is 0 Å². The van der Waals surface area contributed by atoms with Crippen molar-refractivity contribution in [3.8, 4) is 0 Å². The summed E-state index contributed by atoms with van der Waals surface area (Å²) >= 11 is 0. The van der Waals surface area contributed by atoms with Crippen molar-refractivity contribution in [2.45, 2.75) is 0 Å². The quantitative estimate of drug-likeness (QED) is 0.0869. The van der Waals surface area contributed by atoms with Crippen LogP contribution in [0.5, 0.6) is 0 Å². The first kappa shape index (κ1) is 64.8. The molecule has 6 N–H and O–H groups in total. The third-order valence-corrected chi connectivity index (χ3v) is 0. The summed E-state index contributed by atoms with van der Waals surface area (Å²) in [7, 11) is 0. The molecule has 0 heterocycles. The summed E-state index contributed by atoms with van der Waals surface area (Å²) in [6, 6.07) is 0. The molecular weight excluding hydrogens is 586 g/mol. The second kappa shape index (κ2) is 175. The van der Waals surface area contributed by atoms with Crippen LogP contribution < -0.4 is 154 Å². The van der Waals surface area contributed by atoms with Gasteiger partial charge >= 0.3 is 154 Å². The normalized spacial score (nSPS) is 3.27. The Labute approximate surface area is 260 Å². The van der Waals surface area contributed by atoms with E-state index in [1.807, 2.05) is 0 Å². The summed E-state index contributed by atoms with van der Waals surface area (Å²) in [6.45, 7) is 0. The molecule has 0 rings (SSSR count). The van der Waals surface area contributed by atoms with E-state index in [9.17, 15) is 0 Å². The third kappa shape index (κ3) is 2510. The van der Waals surface area contributed by atoms with Crippen molar-refractivity contribution in [2.75, 3.05) is 0 Å². The second-order valence-electron chi connectivity index (χ2n) is 0.490. The maximum atomic E-state index is 8.11. The van der Waals surface area contributed by atoms with Crippen molar-refractivity contribution < 1.29 is 206 Å². The molecule has 0 saturated heterocycles. The van der Waals surface area contributed by atoms with E-state index in [2.05, 4.69) is 0 Å². The van der Waals surface area contributed by atoms with Crippen LogP contribution in [0.15, 0.2) is 32.0 Å². The number of hydrogen-bond donors (Lipinski definition) is 6. The van der Waals surface area contributed by atoms with E-state index >= 15 is 0 Å². The van der Waals surface area contributed by atoms with Gasteiger partial charge in [0.25, 0.3) is 0 Å². The van der Waals surface area contributed by atoms with Gasteiger partial charge in [-0.1, -0.05) is 0 Å². The summed E-state index contributed by atoms with van der Waals surface area (Å²) in [4.78, 5) is 48.7. The first-order valence-corrected chi connectivity index (χ1v) is 2.30. The third-order valence-electron chi connectivity index (χ3n) is 0. The fourth-order valence-corrected chi connectivity index (χ4v) is 0. The van der Waals surface area contributed by atoms with Crippen LogP contribution in [0.4, 0.5) is 0 Å². The molecule has 0 radical (unpaired) electrons. The van der Waals surface area contributed by atoms with Gasteiger partial charge in [-0.3, -0.25) is 0 Å². The molecule has 120 valence electrons. The molecule has 0 aromatic carbocycles. The minimum Gasteiger partial charge on any atom is -3.00 e. The molecule has 22 heteroatoms. The van der Waals surface area contributed by atoms with Gasteiger partial charge in [-0.15, -0.1) is 29.4 Å². The molecule has 0 amide bonds. The topological polar surface area (TPSA) is 298 Å². The average Bonchev–Trinajstić information content (AvgIpc) is 2.23. The molecule has 0 spiro atoms. The van der Waals surface area contributed by atoms with Gasteiger partial charge in [-0.25, -0.2) is 0 Å². The SMILES string of the molecule is O=NO.O=NO.O=NO.O=NO.O=NO.O=NO.[Ir-3].[K+].[K+].[K+]. The van der Waals surface area contributed by atoms with Gasteiger partial charge in [0.05, 0.1) is 0 Å². The molecule has 0 aromatic heterocycles. The zero-order chi connectivity index (χ0) is 16.2. The van der Waals surface area contributed by atoms with E-state index in [1.165, 1.54) is 32.0 Å². The first-order chi connectivity index (χ1) is 8.49.